The molecular weight excluding hydrogens is 388 g/mol. The average molecular weight is 418 g/mol. The van der Waals surface area contributed by atoms with Crippen LogP contribution in [0.4, 0.5) is 9.59 Å². The van der Waals surface area contributed by atoms with Gasteiger partial charge in [-0.05, 0) is 45.6 Å². The van der Waals surface area contributed by atoms with E-state index in [4.69, 9.17) is 19.1 Å². The number of primary amides is 1. The van der Waals surface area contributed by atoms with Crippen molar-refractivity contribution in [1.29, 1.82) is 0 Å². The maximum Gasteiger partial charge on any atom is 0.410 e. The highest BCUT2D eigenvalue weighted by molar-refractivity contribution is 5.69. The van der Waals surface area contributed by atoms with Gasteiger partial charge in [-0.1, -0.05) is 36.8 Å². The van der Waals surface area contributed by atoms with Gasteiger partial charge in [0.15, 0.2) is 0 Å². The molecule has 9 nitrogen and oxygen atoms in total. The van der Waals surface area contributed by atoms with E-state index in [1.54, 1.807) is 0 Å². The molecule has 0 bridgehead atoms. The summed E-state index contributed by atoms with van der Waals surface area (Å²) in [4.78, 5) is 23.6. The van der Waals surface area contributed by atoms with Crippen LogP contribution >= 0.6 is 0 Å². The third-order valence-electron chi connectivity index (χ3n) is 4.86. The fourth-order valence-electron chi connectivity index (χ4n) is 3.74. The van der Waals surface area contributed by atoms with Gasteiger partial charge in [0.2, 0.25) is 12.3 Å². The molecule has 0 radical (unpaired) electrons. The van der Waals surface area contributed by atoms with Gasteiger partial charge in [-0.3, -0.25) is 0 Å². The quantitative estimate of drug-likeness (QED) is 0.762. The summed E-state index contributed by atoms with van der Waals surface area (Å²) in [7, 11) is 0. The molecule has 1 saturated carbocycles. The molecule has 3 rings (SSSR count). The fraction of sp³-hybridized carbons (Fsp3) is 0.524. The molecule has 1 aromatic carbocycles. The maximum atomic E-state index is 12.9. The van der Waals surface area contributed by atoms with Gasteiger partial charge in [-0.2, -0.15) is 0 Å². The van der Waals surface area contributed by atoms with E-state index >= 15 is 0 Å². The Morgan fingerprint density at radius 1 is 1.27 bits per heavy atom. The number of rotatable bonds is 4. The summed E-state index contributed by atoms with van der Waals surface area (Å²) < 4.78 is 11.0. The zero-order valence-electron chi connectivity index (χ0n) is 17.7. The number of aromatic nitrogens is 2. The van der Waals surface area contributed by atoms with Gasteiger partial charge >= 0.3 is 12.2 Å². The first-order chi connectivity index (χ1) is 14.2. The van der Waals surface area contributed by atoms with Gasteiger partial charge in [0.1, 0.15) is 6.61 Å². The molecule has 1 fully saturated rings. The number of carboxylic acid groups (broad SMARTS) is 1. The van der Waals surface area contributed by atoms with Gasteiger partial charge in [-0.25, -0.2) is 9.59 Å². The first-order valence-electron chi connectivity index (χ1n) is 9.93. The molecule has 2 atom stereocenters. The molecule has 3 N–H and O–H groups in total. The van der Waals surface area contributed by atoms with Crippen molar-refractivity contribution in [3.05, 3.63) is 48.2 Å². The Labute approximate surface area is 176 Å². The number of ether oxygens (including phenoxy) is 1. The van der Waals surface area contributed by atoms with Crippen LogP contribution in [0.25, 0.3) is 0 Å². The van der Waals surface area contributed by atoms with Crippen LogP contribution in [-0.2, 0) is 11.3 Å². The molecule has 2 amide bonds. The topological polar surface area (TPSA) is 132 Å². The van der Waals surface area contributed by atoms with E-state index in [9.17, 15) is 4.79 Å². The van der Waals surface area contributed by atoms with Crippen molar-refractivity contribution < 1.29 is 23.8 Å². The molecule has 164 valence electrons. The minimum atomic E-state index is -1.33. The normalized spacial score (nSPS) is 18.6. The molecule has 1 aromatic heterocycles. The van der Waals surface area contributed by atoms with Crippen molar-refractivity contribution in [2.24, 2.45) is 5.73 Å². The van der Waals surface area contributed by atoms with Gasteiger partial charge in [-0.15, -0.1) is 10.2 Å². The summed E-state index contributed by atoms with van der Waals surface area (Å²) in [6, 6.07) is 9.86. The second kappa shape index (κ2) is 10.6. The SMILES string of the molecule is CC(C)(C)N(C(=O)OCc1ccccc1)[C@H]1CCC[C@H](c2nnco2)C1.NC(=O)O. The van der Waals surface area contributed by atoms with Crippen molar-refractivity contribution in [2.75, 3.05) is 0 Å². The smallest absolute Gasteiger partial charge is 0.410 e. The Hall–Kier alpha value is -3.10. The zero-order chi connectivity index (χ0) is 22.1. The Bertz CT molecular complexity index is 785. The minimum absolute atomic E-state index is 0.101. The number of benzene rings is 1. The summed E-state index contributed by atoms with van der Waals surface area (Å²) in [6.07, 6.45) is 3.58. The second-order valence-electron chi connectivity index (χ2n) is 8.21. The van der Waals surface area contributed by atoms with Crippen LogP contribution in [0.1, 0.15) is 63.8 Å². The van der Waals surface area contributed by atoms with Crippen molar-refractivity contribution in [1.82, 2.24) is 15.1 Å². The van der Waals surface area contributed by atoms with E-state index in [0.717, 1.165) is 31.2 Å². The van der Waals surface area contributed by atoms with Crippen molar-refractivity contribution in [3.63, 3.8) is 0 Å². The molecule has 2 aromatic rings. The van der Waals surface area contributed by atoms with Crippen LogP contribution in [-0.4, -0.2) is 44.0 Å². The highest BCUT2D eigenvalue weighted by atomic mass is 16.6. The summed E-state index contributed by atoms with van der Waals surface area (Å²) in [5.74, 6) is 0.865. The lowest BCUT2D eigenvalue weighted by Gasteiger charge is -2.43. The number of nitrogens with two attached hydrogens (primary N) is 1. The Balaban J connectivity index is 0.000000735. The summed E-state index contributed by atoms with van der Waals surface area (Å²) in [6.45, 7) is 6.43. The summed E-state index contributed by atoms with van der Waals surface area (Å²) in [5.41, 5.74) is 4.69. The standard InChI is InChI=1S/C20H27N3O3.CH3NO2/c1-20(2,3)23(19(24)25-13-15-8-5-4-6-9-15)17-11-7-10-16(12-17)18-22-21-14-26-18;2-1(3)4/h4-6,8-9,14,16-17H,7,10-13H2,1-3H3;2H2,(H,3,4)/t16-,17-;/m0./s1. The fourth-order valence-corrected chi connectivity index (χ4v) is 3.74. The van der Waals surface area contributed by atoms with E-state index in [2.05, 4.69) is 15.9 Å². The highest BCUT2D eigenvalue weighted by Crippen LogP contribution is 2.36. The molecule has 0 unspecified atom stereocenters. The lowest BCUT2D eigenvalue weighted by Crippen LogP contribution is -2.53. The Kier molecular flexibility index (Phi) is 8.20. The first kappa shape index (κ1) is 23.2. The first-order valence-corrected chi connectivity index (χ1v) is 9.93. The molecule has 0 saturated heterocycles. The van der Waals surface area contributed by atoms with Crippen LogP contribution in [0.15, 0.2) is 41.1 Å². The van der Waals surface area contributed by atoms with Gasteiger partial charge in [0, 0.05) is 17.5 Å². The van der Waals surface area contributed by atoms with E-state index in [-0.39, 0.29) is 30.2 Å². The Morgan fingerprint density at radius 3 is 2.50 bits per heavy atom. The third kappa shape index (κ3) is 7.06. The summed E-state index contributed by atoms with van der Waals surface area (Å²) in [5, 5.41) is 15.1. The molecule has 1 heterocycles. The van der Waals surface area contributed by atoms with Gasteiger partial charge in [0.05, 0.1) is 0 Å². The average Bonchev–Trinajstić information content (AvgIpc) is 3.21. The second-order valence-corrected chi connectivity index (χ2v) is 8.21. The minimum Gasteiger partial charge on any atom is -0.465 e. The number of nitrogens with zero attached hydrogens (tertiary/aromatic N) is 3. The van der Waals surface area contributed by atoms with E-state index in [1.807, 2.05) is 56.0 Å². The van der Waals surface area contributed by atoms with Crippen LogP contribution < -0.4 is 5.73 Å². The number of hydrogen-bond donors (Lipinski definition) is 2. The molecule has 1 aliphatic rings. The lowest BCUT2D eigenvalue weighted by molar-refractivity contribution is 0.0263. The van der Waals surface area contributed by atoms with E-state index < -0.39 is 6.09 Å². The van der Waals surface area contributed by atoms with Crippen LogP contribution in [0.2, 0.25) is 0 Å². The van der Waals surface area contributed by atoms with Crippen LogP contribution in [0, 0.1) is 0 Å². The molecular formula is C21H30N4O5. The van der Waals surface area contributed by atoms with Crippen molar-refractivity contribution in [2.45, 2.75) is 70.6 Å². The van der Waals surface area contributed by atoms with E-state index in [0.29, 0.717) is 5.89 Å². The molecule has 1 aliphatic carbocycles. The molecule has 9 heteroatoms. The highest BCUT2D eigenvalue weighted by Gasteiger charge is 2.38. The maximum absolute atomic E-state index is 12.9. The predicted octanol–water partition coefficient (Wildman–Crippen LogP) is 4.16. The number of amides is 2. The Morgan fingerprint density at radius 2 is 1.93 bits per heavy atom. The summed E-state index contributed by atoms with van der Waals surface area (Å²) >= 11 is 0. The number of hydrogen-bond acceptors (Lipinski definition) is 6. The third-order valence-corrected chi connectivity index (χ3v) is 4.86. The van der Waals surface area contributed by atoms with Crippen LogP contribution in [0.5, 0.6) is 0 Å². The largest absolute Gasteiger partial charge is 0.465 e. The zero-order valence-corrected chi connectivity index (χ0v) is 17.7. The van der Waals surface area contributed by atoms with Gasteiger partial charge in [0.25, 0.3) is 0 Å². The number of carbonyl (C=O) groups is 2. The lowest BCUT2D eigenvalue weighted by atomic mass is 9.83. The van der Waals surface area contributed by atoms with Crippen molar-refractivity contribution in [3.8, 4) is 0 Å². The molecule has 0 aliphatic heterocycles. The van der Waals surface area contributed by atoms with E-state index in [1.165, 1.54) is 6.39 Å². The van der Waals surface area contributed by atoms with Crippen molar-refractivity contribution >= 4 is 12.2 Å². The molecule has 30 heavy (non-hydrogen) atoms. The van der Waals surface area contributed by atoms with Crippen LogP contribution in [0.3, 0.4) is 0 Å². The predicted molar refractivity (Wildman–Crippen MR) is 110 cm³/mol. The molecule has 0 spiro atoms. The number of carbonyl (C=O) groups excluding carboxylic acids is 1. The monoisotopic (exact) mass is 418 g/mol. The van der Waals surface area contributed by atoms with Gasteiger partial charge < -0.3 is 24.9 Å².